The Kier molecular flexibility index (Phi) is 5.50. The first-order valence-electron chi connectivity index (χ1n) is 9.45. The molecule has 136 valence electrons. The second-order valence-electron chi connectivity index (χ2n) is 8.51. The Morgan fingerprint density at radius 3 is 2.68 bits per heavy atom. The summed E-state index contributed by atoms with van der Waals surface area (Å²) in [4.78, 5) is 15.9. The van der Waals surface area contributed by atoms with Crippen LogP contribution in [-0.4, -0.2) is 30.4 Å². The first kappa shape index (κ1) is 18.4. The summed E-state index contributed by atoms with van der Waals surface area (Å²) < 4.78 is 0. The van der Waals surface area contributed by atoms with Gasteiger partial charge in [-0.2, -0.15) is 5.26 Å². The van der Waals surface area contributed by atoms with E-state index in [2.05, 4.69) is 37.1 Å². The average Bonchev–Trinajstić information content (AvgIpc) is 2.90. The van der Waals surface area contributed by atoms with E-state index in [0.717, 1.165) is 37.4 Å². The molecule has 25 heavy (non-hydrogen) atoms. The van der Waals surface area contributed by atoms with Gasteiger partial charge >= 0.3 is 0 Å². The number of nitriles is 1. The third kappa shape index (κ3) is 4.24. The summed E-state index contributed by atoms with van der Waals surface area (Å²) in [6.45, 7) is 9.34. The number of rotatable bonds is 3. The van der Waals surface area contributed by atoms with Gasteiger partial charge in [0.2, 0.25) is 5.91 Å². The Balaban J connectivity index is 1.71. The molecule has 5 heteroatoms. The summed E-state index contributed by atoms with van der Waals surface area (Å²) in [5.41, 5.74) is 2.17. The zero-order valence-electron chi connectivity index (χ0n) is 15.7. The molecule has 2 heterocycles. The summed E-state index contributed by atoms with van der Waals surface area (Å²) in [5, 5.41) is 13.4. The second-order valence-corrected chi connectivity index (χ2v) is 9.62. The number of carbonyl (C=O) groups is 1. The molecule has 1 unspecified atom stereocenters. The van der Waals surface area contributed by atoms with Crippen molar-refractivity contribution in [3.05, 3.63) is 16.0 Å². The minimum atomic E-state index is 0.0179. The molecule has 0 aromatic carbocycles. The highest BCUT2D eigenvalue weighted by Gasteiger charge is 2.32. The first-order valence-corrected chi connectivity index (χ1v) is 10.3. The van der Waals surface area contributed by atoms with Gasteiger partial charge in [-0.3, -0.25) is 9.69 Å². The van der Waals surface area contributed by atoms with Crippen LogP contribution in [0.1, 0.15) is 62.5 Å². The lowest BCUT2D eigenvalue weighted by Crippen LogP contribution is -2.36. The van der Waals surface area contributed by atoms with Crippen molar-refractivity contribution in [1.82, 2.24) is 4.90 Å². The lowest BCUT2D eigenvalue weighted by molar-refractivity contribution is -0.117. The summed E-state index contributed by atoms with van der Waals surface area (Å²) in [6.07, 6.45) is 6.74. The summed E-state index contributed by atoms with van der Waals surface area (Å²) >= 11 is 1.62. The smallest absolute Gasteiger partial charge is 0.239 e. The molecule has 1 aliphatic carbocycles. The van der Waals surface area contributed by atoms with Crippen molar-refractivity contribution in [1.29, 1.82) is 5.26 Å². The maximum absolute atomic E-state index is 12.4. The number of hydrogen-bond acceptors (Lipinski definition) is 4. The topological polar surface area (TPSA) is 56.1 Å². The van der Waals surface area contributed by atoms with E-state index in [1.165, 1.54) is 29.7 Å². The predicted octanol–water partition coefficient (Wildman–Crippen LogP) is 4.20. The standard InChI is InChI=1S/C20H29N3OS/c1-20(2,3)14-7-8-15-16(12-21)19(25-17(15)11-14)22-18(24)13-23-9-5-4-6-10-23/h14H,4-11,13H2,1-3H3,(H,22,24). The van der Waals surface area contributed by atoms with Crippen molar-refractivity contribution in [3.8, 4) is 6.07 Å². The summed E-state index contributed by atoms with van der Waals surface area (Å²) in [7, 11) is 0. The number of nitrogens with zero attached hydrogens (tertiary/aromatic N) is 2. The van der Waals surface area contributed by atoms with E-state index in [0.29, 0.717) is 18.0 Å². The van der Waals surface area contributed by atoms with Gasteiger partial charge in [0.05, 0.1) is 12.1 Å². The number of anilines is 1. The third-order valence-corrected chi connectivity index (χ3v) is 6.84. The lowest BCUT2D eigenvalue weighted by atomic mass is 9.72. The Morgan fingerprint density at radius 2 is 2.04 bits per heavy atom. The van der Waals surface area contributed by atoms with Gasteiger partial charge in [0.1, 0.15) is 11.1 Å². The minimum absolute atomic E-state index is 0.0179. The van der Waals surface area contributed by atoms with E-state index in [-0.39, 0.29) is 11.3 Å². The van der Waals surface area contributed by atoms with Crippen molar-refractivity contribution < 1.29 is 4.79 Å². The normalized spacial score (nSPS) is 21.4. The molecule has 4 nitrogen and oxygen atoms in total. The maximum Gasteiger partial charge on any atom is 0.239 e. The molecule has 0 bridgehead atoms. The van der Waals surface area contributed by atoms with Gasteiger partial charge in [-0.05, 0) is 62.1 Å². The van der Waals surface area contributed by atoms with E-state index in [1.807, 2.05) is 0 Å². The molecular weight excluding hydrogens is 330 g/mol. The van der Waals surface area contributed by atoms with Crippen molar-refractivity contribution in [3.63, 3.8) is 0 Å². The highest BCUT2D eigenvalue weighted by Crippen LogP contribution is 2.43. The molecule has 1 amide bonds. The van der Waals surface area contributed by atoms with Crippen LogP contribution in [0.5, 0.6) is 0 Å². The molecule has 1 saturated heterocycles. The van der Waals surface area contributed by atoms with Crippen LogP contribution in [0.15, 0.2) is 0 Å². The van der Waals surface area contributed by atoms with E-state index in [9.17, 15) is 10.1 Å². The number of nitrogens with one attached hydrogen (secondary N) is 1. The zero-order chi connectivity index (χ0) is 18.0. The van der Waals surface area contributed by atoms with E-state index in [1.54, 1.807) is 11.3 Å². The Labute approximate surface area is 155 Å². The Bertz CT molecular complexity index is 674. The highest BCUT2D eigenvalue weighted by atomic mass is 32.1. The van der Waals surface area contributed by atoms with Gasteiger partial charge in [-0.25, -0.2) is 0 Å². The average molecular weight is 360 g/mol. The van der Waals surface area contributed by atoms with Gasteiger partial charge in [-0.1, -0.05) is 27.2 Å². The molecule has 1 aromatic rings. The van der Waals surface area contributed by atoms with E-state index in [4.69, 9.17) is 0 Å². The van der Waals surface area contributed by atoms with Gasteiger partial charge in [0.15, 0.2) is 0 Å². The van der Waals surface area contributed by atoms with Crippen molar-refractivity contribution in [2.45, 2.75) is 59.3 Å². The van der Waals surface area contributed by atoms with Crippen LogP contribution >= 0.6 is 11.3 Å². The predicted molar refractivity (Wildman–Crippen MR) is 103 cm³/mol. The molecule has 1 aliphatic heterocycles. The Hall–Kier alpha value is -1.38. The fraction of sp³-hybridized carbons (Fsp3) is 0.700. The number of likely N-dealkylation sites (tertiary alicyclic amines) is 1. The van der Waals surface area contributed by atoms with Crippen molar-refractivity contribution >= 4 is 22.2 Å². The molecule has 1 fully saturated rings. The van der Waals surface area contributed by atoms with Crippen molar-refractivity contribution in [2.75, 3.05) is 25.0 Å². The monoisotopic (exact) mass is 359 g/mol. The van der Waals surface area contributed by atoms with Gasteiger partial charge in [0, 0.05) is 4.88 Å². The lowest BCUT2D eigenvalue weighted by Gasteiger charge is -2.33. The number of amides is 1. The minimum Gasteiger partial charge on any atom is -0.315 e. The van der Waals surface area contributed by atoms with Crippen LogP contribution in [0.4, 0.5) is 5.00 Å². The van der Waals surface area contributed by atoms with Crippen LogP contribution in [0, 0.1) is 22.7 Å². The molecule has 2 aliphatic rings. The SMILES string of the molecule is CC(C)(C)C1CCc2c(sc(NC(=O)CN3CCCCC3)c2C#N)C1. The highest BCUT2D eigenvalue weighted by molar-refractivity contribution is 7.16. The molecule has 0 saturated carbocycles. The largest absolute Gasteiger partial charge is 0.315 e. The zero-order valence-corrected chi connectivity index (χ0v) is 16.5. The van der Waals surface area contributed by atoms with E-state index < -0.39 is 0 Å². The molecular formula is C20H29N3OS. The van der Waals surface area contributed by atoms with Gasteiger partial charge in [-0.15, -0.1) is 11.3 Å². The van der Waals surface area contributed by atoms with E-state index >= 15 is 0 Å². The molecule has 1 aromatic heterocycles. The number of hydrogen-bond donors (Lipinski definition) is 1. The molecule has 3 rings (SSSR count). The fourth-order valence-corrected chi connectivity index (χ4v) is 5.31. The number of piperidine rings is 1. The quantitative estimate of drug-likeness (QED) is 0.880. The maximum atomic E-state index is 12.4. The van der Waals surface area contributed by atoms with Gasteiger partial charge < -0.3 is 5.32 Å². The third-order valence-electron chi connectivity index (χ3n) is 5.67. The summed E-state index contributed by atoms with van der Waals surface area (Å²) in [6, 6.07) is 2.35. The van der Waals surface area contributed by atoms with Crippen LogP contribution in [-0.2, 0) is 17.6 Å². The number of thiophene rings is 1. The van der Waals surface area contributed by atoms with Crippen LogP contribution in [0.25, 0.3) is 0 Å². The first-order chi connectivity index (χ1) is 11.9. The number of carbonyl (C=O) groups excluding carboxylic acids is 1. The fourth-order valence-electron chi connectivity index (χ4n) is 4.02. The van der Waals surface area contributed by atoms with Crippen LogP contribution in [0.2, 0.25) is 0 Å². The molecule has 1 N–H and O–H groups in total. The van der Waals surface area contributed by atoms with Crippen LogP contribution in [0.3, 0.4) is 0 Å². The number of fused-ring (bicyclic) bond motifs is 1. The molecule has 0 radical (unpaired) electrons. The molecule has 1 atom stereocenters. The van der Waals surface area contributed by atoms with Gasteiger partial charge in [0.25, 0.3) is 0 Å². The van der Waals surface area contributed by atoms with Crippen LogP contribution < -0.4 is 5.32 Å². The van der Waals surface area contributed by atoms with Crippen molar-refractivity contribution in [2.24, 2.45) is 11.3 Å². The molecule has 0 spiro atoms. The second kappa shape index (κ2) is 7.47. The Morgan fingerprint density at radius 1 is 1.32 bits per heavy atom. The summed E-state index contributed by atoms with van der Waals surface area (Å²) in [5.74, 6) is 0.659.